The van der Waals surface area contributed by atoms with Gasteiger partial charge in [0.05, 0.1) is 6.42 Å². The number of carbonyl (C=O) groups excluding carboxylic acids is 1. The van der Waals surface area contributed by atoms with Gasteiger partial charge >= 0.3 is 5.97 Å². The van der Waals surface area contributed by atoms with Crippen molar-refractivity contribution >= 4 is 22.8 Å². The fourth-order valence-electron chi connectivity index (χ4n) is 3.99. The van der Waals surface area contributed by atoms with Crippen LogP contribution in [0.4, 0.5) is 0 Å². The van der Waals surface area contributed by atoms with E-state index in [0.29, 0.717) is 13.0 Å². The van der Waals surface area contributed by atoms with Gasteiger partial charge in [0.1, 0.15) is 6.04 Å². The molecule has 0 aliphatic carbocycles. The molecule has 0 spiro atoms. The standard InChI is InChI=1S/C22H22N2O3/c1-2-14-8-5-9-18-17(12-23-21(14)18)11-20(25)24-13-16-7-4-3-6-15(16)10-19(24)22(26)27/h3-9,12,19,23H,2,10-11,13H2,1H3,(H,26,27). The normalized spacial score (nSPS) is 16.3. The summed E-state index contributed by atoms with van der Waals surface area (Å²) in [6.07, 6.45) is 3.33. The summed E-state index contributed by atoms with van der Waals surface area (Å²) >= 11 is 0. The molecule has 1 aliphatic rings. The van der Waals surface area contributed by atoms with Crippen molar-refractivity contribution in [2.75, 3.05) is 0 Å². The van der Waals surface area contributed by atoms with Gasteiger partial charge in [-0.1, -0.05) is 49.4 Å². The number of aryl methyl sites for hydroxylation is 1. The van der Waals surface area contributed by atoms with Gasteiger partial charge in [-0.25, -0.2) is 4.79 Å². The molecule has 1 unspecified atom stereocenters. The Morgan fingerprint density at radius 2 is 1.89 bits per heavy atom. The lowest BCUT2D eigenvalue weighted by molar-refractivity contribution is -0.151. The minimum Gasteiger partial charge on any atom is -0.480 e. The Labute approximate surface area is 157 Å². The van der Waals surface area contributed by atoms with E-state index in [4.69, 9.17) is 0 Å². The molecule has 1 aromatic heterocycles. The molecule has 0 radical (unpaired) electrons. The van der Waals surface area contributed by atoms with E-state index in [0.717, 1.165) is 34.0 Å². The van der Waals surface area contributed by atoms with Crippen molar-refractivity contribution in [2.45, 2.75) is 38.8 Å². The number of aromatic amines is 1. The third-order valence-electron chi connectivity index (χ3n) is 5.46. The quantitative estimate of drug-likeness (QED) is 0.748. The van der Waals surface area contributed by atoms with Crippen LogP contribution in [0.3, 0.4) is 0 Å². The molecule has 0 saturated carbocycles. The number of fused-ring (bicyclic) bond motifs is 2. The second kappa shape index (κ2) is 6.91. The second-order valence-corrected chi connectivity index (χ2v) is 7.03. The highest BCUT2D eigenvalue weighted by molar-refractivity contribution is 5.92. The van der Waals surface area contributed by atoms with Gasteiger partial charge in [-0.2, -0.15) is 0 Å². The Balaban J connectivity index is 1.63. The lowest BCUT2D eigenvalue weighted by Crippen LogP contribution is -2.49. The Morgan fingerprint density at radius 1 is 1.11 bits per heavy atom. The molecule has 27 heavy (non-hydrogen) atoms. The summed E-state index contributed by atoms with van der Waals surface area (Å²) in [7, 11) is 0. The van der Waals surface area contributed by atoms with E-state index < -0.39 is 12.0 Å². The average Bonchev–Trinajstić information content (AvgIpc) is 3.09. The number of H-pyrrole nitrogens is 1. The third kappa shape index (κ3) is 3.10. The summed E-state index contributed by atoms with van der Waals surface area (Å²) in [5, 5.41) is 10.7. The number of hydrogen-bond donors (Lipinski definition) is 2. The van der Waals surface area contributed by atoms with Crippen LogP contribution in [0.15, 0.2) is 48.7 Å². The van der Waals surface area contributed by atoms with Gasteiger partial charge in [0, 0.05) is 30.1 Å². The Kier molecular flexibility index (Phi) is 4.44. The van der Waals surface area contributed by atoms with E-state index in [1.54, 1.807) is 0 Å². The molecule has 1 atom stereocenters. The summed E-state index contributed by atoms with van der Waals surface area (Å²) in [4.78, 5) is 29.6. The lowest BCUT2D eigenvalue weighted by Gasteiger charge is -2.34. The first kappa shape index (κ1) is 17.3. The van der Waals surface area contributed by atoms with Crippen LogP contribution >= 0.6 is 0 Å². The maximum Gasteiger partial charge on any atom is 0.326 e. The monoisotopic (exact) mass is 362 g/mol. The van der Waals surface area contributed by atoms with Gasteiger partial charge in [0.2, 0.25) is 5.91 Å². The van der Waals surface area contributed by atoms with Gasteiger partial charge in [0.15, 0.2) is 0 Å². The molecule has 0 saturated heterocycles. The SMILES string of the molecule is CCc1cccc2c(CC(=O)N3Cc4ccccc4CC3C(=O)O)c[nH]c12. The second-order valence-electron chi connectivity index (χ2n) is 7.03. The summed E-state index contributed by atoms with van der Waals surface area (Å²) in [6.45, 7) is 2.44. The van der Waals surface area contributed by atoms with Gasteiger partial charge < -0.3 is 15.0 Å². The Morgan fingerprint density at radius 3 is 2.63 bits per heavy atom. The maximum absolute atomic E-state index is 13.0. The van der Waals surface area contributed by atoms with E-state index in [9.17, 15) is 14.7 Å². The zero-order valence-corrected chi connectivity index (χ0v) is 15.2. The number of carboxylic acids is 1. The third-order valence-corrected chi connectivity index (χ3v) is 5.46. The maximum atomic E-state index is 13.0. The molecule has 5 heteroatoms. The summed E-state index contributed by atoms with van der Waals surface area (Å²) in [5.74, 6) is -1.11. The summed E-state index contributed by atoms with van der Waals surface area (Å²) in [5.41, 5.74) is 5.21. The fourth-order valence-corrected chi connectivity index (χ4v) is 3.99. The first-order valence-electron chi connectivity index (χ1n) is 9.25. The van der Waals surface area contributed by atoms with Gasteiger partial charge in [-0.05, 0) is 28.7 Å². The Hall–Kier alpha value is -3.08. The van der Waals surface area contributed by atoms with Gasteiger partial charge in [-0.15, -0.1) is 0 Å². The van der Waals surface area contributed by atoms with Gasteiger partial charge in [0.25, 0.3) is 0 Å². The topological polar surface area (TPSA) is 73.4 Å². The van der Waals surface area contributed by atoms with Crippen LogP contribution in [-0.4, -0.2) is 32.9 Å². The minimum atomic E-state index is -0.954. The number of amides is 1. The van der Waals surface area contributed by atoms with Gasteiger partial charge in [-0.3, -0.25) is 4.79 Å². The zero-order valence-electron chi connectivity index (χ0n) is 15.2. The molecule has 2 N–H and O–H groups in total. The number of nitrogens with one attached hydrogen (secondary N) is 1. The number of benzene rings is 2. The number of aliphatic carboxylic acids is 1. The lowest BCUT2D eigenvalue weighted by atomic mass is 9.93. The molecular formula is C22H22N2O3. The van der Waals surface area contributed by atoms with Crippen molar-refractivity contribution in [3.8, 4) is 0 Å². The number of carboxylic acid groups (broad SMARTS) is 1. The number of carbonyl (C=O) groups is 2. The fraction of sp³-hybridized carbons (Fsp3) is 0.273. The van der Waals surface area contributed by atoms with Crippen LogP contribution in [-0.2, 0) is 35.4 Å². The molecule has 1 aliphatic heterocycles. The molecule has 5 nitrogen and oxygen atoms in total. The first-order chi connectivity index (χ1) is 13.1. The highest BCUT2D eigenvalue weighted by Gasteiger charge is 2.34. The van der Waals surface area contributed by atoms with Crippen molar-refractivity contribution < 1.29 is 14.7 Å². The zero-order chi connectivity index (χ0) is 19.0. The summed E-state index contributed by atoms with van der Waals surface area (Å²) in [6, 6.07) is 13.0. The molecule has 0 fully saturated rings. The molecule has 0 bridgehead atoms. The van der Waals surface area contributed by atoms with Crippen molar-refractivity contribution in [1.29, 1.82) is 0 Å². The number of nitrogens with zero attached hydrogens (tertiary/aromatic N) is 1. The molecular weight excluding hydrogens is 340 g/mol. The molecule has 2 heterocycles. The number of rotatable bonds is 4. The smallest absolute Gasteiger partial charge is 0.326 e. The predicted molar refractivity (Wildman–Crippen MR) is 104 cm³/mol. The number of para-hydroxylation sites is 1. The largest absolute Gasteiger partial charge is 0.480 e. The van der Waals surface area contributed by atoms with Crippen molar-refractivity contribution in [1.82, 2.24) is 9.88 Å². The van der Waals surface area contributed by atoms with E-state index in [2.05, 4.69) is 18.0 Å². The van der Waals surface area contributed by atoms with Crippen LogP contribution in [0.25, 0.3) is 10.9 Å². The van der Waals surface area contributed by atoms with E-state index in [1.807, 2.05) is 42.6 Å². The van der Waals surface area contributed by atoms with Crippen LogP contribution in [0.5, 0.6) is 0 Å². The number of hydrogen-bond acceptors (Lipinski definition) is 2. The summed E-state index contributed by atoms with van der Waals surface area (Å²) < 4.78 is 0. The highest BCUT2D eigenvalue weighted by Crippen LogP contribution is 2.27. The first-order valence-corrected chi connectivity index (χ1v) is 9.25. The van der Waals surface area contributed by atoms with E-state index in [-0.39, 0.29) is 12.3 Å². The minimum absolute atomic E-state index is 0.153. The molecule has 138 valence electrons. The van der Waals surface area contributed by atoms with E-state index in [1.165, 1.54) is 10.5 Å². The van der Waals surface area contributed by atoms with Crippen LogP contribution in [0, 0.1) is 0 Å². The average molecular weight is 362 g/mol. The predicted octanol–water partition coefficient (Wildman–Crippen LogP) is 3.31. The Bertz CT molecular complexity index is 1020. The highest BCUT2D eigenvalue weighted by atomic mass is 16.4. The molecule has 4 rings (SSSR count). The molecule has 1 amide bonds. The van der Waals surface area contributed by atoms with Crippen molar-refractivity contribution in [3.63, 3.8) is 0 Å². The van der Waals surface area contributed by atoms with Crippen LogP contribution < -0.4 is 0 Å². The van der Waals surface area contributed by atoms with Crippen molar-refractivity contribution in [2.24, 2.45) is 0 Å². The van der Waals surface area contributed by atoms with Crippen LogP contribution in [0.1, 0.15) is 29.2 Å². The molecule has 2 aromatic carbocycles. The van der Waals surface area contributed by atoms with E-state index >= 15 is 0 Å². The molecule has 3 aromatic rings. The van der Waals surface area contributed by atoms with Crippen molar-refractivity contribution in [3.05, 3.63) is 70.9 Å². The van der Waals surface area contributed by atoms with Crippen LogP contribution in [0.2, 0.25) is 0 Å². The number of aromatic nitrogens is 1.